The molecule has 0 bridgehead atoms. The summed E-state index contributed by atoms with van der Waals surface area (Å²) in [4.78, 5) is 24.5. The number of hydrogen-bond acceptors (Lipinski definition) is 3. The first kappa shape index (κ1) is 13.3. The van der Waals surface area contributed by atoms with Crippen LogP contribution in [0, 0.1) is 5.82 Å². The zero-order valence-electron chi connectivity index (χ0n) is 10.3. The molecule has 0 spiro atoms. The van der Waals surface area contributed by atoms with E-state index in [0.29, 0.717) is 13.0 Å². The molecule has 1 aromatic rings. The second-order valence-electron chi connectivity index (χ2n) is 4.62. The van der Waals surface area contributed by atoms with Crippen molar-refractivity contribution in [1.82, 2.24) is 4.90 Å². The SMILES string of the molecule is Nc1ccc(F)cc1C(=O)N1CCCC1CC(=O)O. The van der Waals surface area contributed by atoms with Gasteiger partial charge in [-0.25, -0.2) is 4.39 Å². The van der Waals surface area contributed by atoms with E-state index in [1.54, 1.807) is 0 Å². The number of likely N-dealkylation sites (tertiary alicyclic amines) is 1. The van der Waals surface area contributed by atoms with E-state index in [-0.39, 0.29) is 23.7 Å². The normalized spacial score (nSPS) is 18.6. The lowest BCUT2D eigenvalue weighted by Crippen LogP contribution is -2.37. The van der Waals surface area contributed by atoms with Gasteiger partial charge in [0.15, 0.2) is 0 Å². The summed E-state index contributed by atoms with van der Waals surface area (Å²) in [5.41, 5.74) is 5.97. The molecule has 1 unspecified atom stereocenters. The number of aliphatic carboxylic acids is 1. The lowest BCUT2D eigenvalue weighted by molar-refractivity contribution is -0.137. The van der Waals surface area contributed by atoms with Gasteiger partial charge in [0.2, 0.25) is 0 Å². The molecule has 1 amide bonds. The van der Waals surface area contributed by atoms with E-state index in [1.807, 2.05) is 0 Å². The molecule has 5 nitrogen and oxygen atoms in total. The van der Waals surface area contributed by atoms with Crippen LogP contribution in [-0.2, 0) is 4.79 Å². The molecule has 0 radical (unpaired) electrons. The van der Waals surface area contributed by atoms with E-state index in [2.05, 4.69) is 0 Å². The largest absolute Gasteiger partial charge is 0.481 e. The Bertz CT molecular complexity index is 519. The number of anilines is 1. The maximum atomic E-state index is 13.2. The van der Waals surface area contributed by atoms with Crippen molar-refractivity contribution in [2.75, 3.05) is 12.3 Å². The fourth-order valence-corrected chi connectivity index (χ4v) is 2.39. The molecule has 0 aliphatic carbocycles. The molecule has 6 heteroatoms. The molecule has 1 aromatic carbocycles. The third kappa shape index (κ3) is 2.83. The lowest BCUT2D eigenvalue weighted by Gasteiger charge is -2.24. The predicted octanol–water partition coefficient (Wildman–Crippen LogP) is 1.49. The second-order valence-corrected chi connectivity index (χ2v) is 4.62. The van der Waals surface area contributed by atoms with Gasteiger partial charge in [0.25, 0.3) is 5.91 Å². The summed E-state index contributed by atoms with van der Waals surface area (Å²) >= 11 is 0. The lowest BCUT2D eigenvalue weighted by atomic mass is 10.1. The van der Waals surface area contributed by atoms with Crippen LogP contribution in [0.25, 0.3) is 0 Å². The minimum atomic E-state index is -0.947. The van der Waals surface area contributed by atoms with Crippen molar-refractivity contribution in [1.29, 1.82) is 0 Å². The molecule has 1 aliphatic rings. The van der Waals surface area contributed by atoms with Gasteiger partial charge in [-0.3, -0.25) is 9.59 Å². The average molecular weight is 266 g/mol. The van der Waals surface area contributed by atoms with Crippen LogP contribution in [0.15, 0.2) is 18.2 Å². The van der Waals surface area contributed by atoms with Crippen LogP contribution in [0.3, 0.4) is 0 Å². The van der Waals surface area contributed by atoms with Crippen LogP contribution in [0.1, 0.15) is 29.6 Å². The van der Waals surface area contributed by atoms with Crippen LogP contribution in [-0.4, -0.2) is 34.5 Å². The smallest absolute Gasteiger partial charge is 0.305 e. The first-order valence-corrected chi connectivity index (χ1v) is 6.07. The summed E-state index contributed by atoms with van der Waals surface area (Å²) in [5.74, 6) is -1.89. The third-order valence-corrected chi connectivity index (χ3v) is 3.29. The minimum absolute atomic E-state index is 0.0947. The van der Waals surface area contributed by atoms with Gasteiger partial charge in [-0.05, 0) is 31.0 Å². The molecule has 102 valence electrons. The van der Waals surface area contributed by atoms with E-state index < -0.39 is 17.7 Å². The number of carbonyl (C=O) groups is 2. The number of carbonyl (C=O) groups excluding carboxylic acids is 1. The van der Waals surface area contributed by atoms with Crippen LogP contribution < -0.4 is 5.73 Å². The Morgan fingerprint density at radius 1 is 1.47 bits per heavy atom. The molecular weight excluding hydrogens is 251 g/mol. The molecule has 1 saturated heterocycles. The van der Waals surface area contributed by atoms with E-state index in [4.69, 9.17) is 10.8 Å². The number of nitrogen functional groups attached to an aromatic ring is 1. The second kappa shape index (κ2) is 5.26. The highest BCUT2D eigenvalue weighted by Crippen LogP contribution is 2.25. The number of amides is 1. The maximum absolute atomic E-state index is 13.2. The van der Waals surface area contributed by atoms with Crippen LogP contribution in [0.2, 0.25) is 0 Å². The van der Waals surface area contributed by atoms with Crippen molar-refractivity contribution in [2.45, 2.75) is 25.3 Å². The van der Waals surface area contributed by atoms with Crippen LogP contribution in [0.5, 0.6) is 0 Å². The molecular formula is C13H15FN2O3. The summed E-state index contributed by atoms with van der Waals surface area (Å²) in [6, 6.07) is 3.27. The molecule has 0 saturated carbocycles. The predicted molar refractivity (Wildman–Crippen MR) is 67.1 cm³/mol. The Kier molecular flexibility index (Phi) is 3.69. The van der Waals surface area contributed by atoms with Crippen molar-refractivity contribution < 1.29 is 19.1 Å². The Labute approximate surface area is 109 Å². The number of halogens is 1. The van der Waals surface area contributed by atoms with Gasteiger partial charge in [-0.1, -0.05) is 0 Å². The monoisotopic (exact) mass is 266 g/mol. The van der Waals surface area contributed by atoms with Crippen molar-refractivity contribution in [3.8, 4) is 0 Å². The van der Waals surface area contributed by atoms with Gasteiger partial charge in [0, 0.05) is 18.3 Å². The first-order valence-electron chi connectivity index (χ1n) is 6.07. The molecule has 1 heterocycles. The molecule has 1 fully saturated rings. The first-order chi connectivity index (χ1) is 8.99. The number of nitrogens with zero attached hydrogens (tertiary/aromatic N) is 1. The number of hydrogen-bond donors (Lipinski definition) is 2. The molecule has 0 aromatic heterocycles. The Morgan fingerprint density at radius 3 is 2.89 bits per heavy atom. The van der Waals surface area contributed by atoms with Crippen LogP contribution >= 0.6 is 0 Å². The molecule has 1 atom stereocenters. The minimum Gasteiger partial charge on any atom is -0.481 e. The number of rotatable bonds is 3. The van der Waals surface area contributed by atoms with Gasteiger partial charge in [-0.2, -0.15) is 0 Å². The molecule has 2 rings (SSSR count). The zero-order valence-corrected chi connectivity index (χ0v) is 10.3. The average Bonchev–Trinajstić information content (AvgIpc) is 2.78. The summed E-state index contributed by atoms with van der Waals surface area (Å²) in [6.45, 7) is 0.479. The highest BCUT2D eigenvalue weighted by molar-refractivity contribution is 5.99. The van der Waals surface area contributed by atoms with Gasteiger partial charge < -0.3 is 15.7 Å². The third-order valence-electron chi connectivity index (χ3n) is 3.29. The van der Waals surface area contributed by atoms with Crippen LogP contribution in [0.4, 0.5) is 10.1 Å². The fraction of sp³-hybridized carbons (Fsp3) is 0.385. The Balaban J connectivity index is 2.23. The van der Waals surface area contributed by atoms with Crippen molar-refractivity contribution in [2.24, 2.45) is 0 Å². The summed E-state index contributed by atoms with van der Waals surface area (Å²) < 4.78 is 13.2. The maximum Gasteiger partial charge on any atom is 0.305 e. The van der Waals surface area contributed by atoms with Crippen molar-refractivity contribution in [3.05, 3.63) is 29.6 Å². The van der Waals surface area contributed by atoms with Crippen molar-refractivity contribution in [3.63, 3.8) is 0 Å². The van der Waals surface area contributed by atoms with E-state index >= 15 is 0 Å². The van der Waals surface area contributed by atoms with Gasteiger partial charge >= 0.3 is 5.97 Å². The van der Waals surface area contributed by atoms with Gasteiger partial charge in [-0.15, -0.1) is 0 Å². The standard InChI is InChI=1S/C13H15FN2O3/c14-8-3-4-11(15)10(6-8)13(19)16-5-1-2-9(16)7-12(17)18/h3-4,6,9H,1-2,5,7,15H2,(H,17,18). The van der Waals surface area contributed by atoms with E-state index in [0.717, 1.165) is 12.5 Å². The Morgan fingerprint density at radius 2 is 2.21 bits per heavy atom. The highest BCUT2D eigenvalue weighted by Gasteiger charge is 2.31. The van der Waals surface area contributed by atoms with Gasteiger partial charge in [0.1, 0.15) is 5.82 Å². The van der Waals surface area contributed by atoms with Gasteiger partial charge in [0.05, 0.1) is 12.0 Å². The van der Waals surface area contributed by atoms with E-state index in [9.17, 15) is 14.0 Å². The van der Waals surface area contributed by atoms with Crippen molar-refractivity contribution >= 4 is 17.6 Å². The zero-order chi connectivity index (χ0) is 14.0. The molecule has 19 heavy (non-hydrogen) atoms. The van der Waals surface area contributed by atoms with E-state index in [1.165, 1.54) is 17.0 Å². The number of carboxylic acids is 1. The number of nitrogens with two attached hydrogens (primary N) is 1. The number of carboxylic acid groups (broad SMARTS) is 1. The quantitative estimate of drug-likeness (QED) is 0.812. The summed E-state index contributed by atoms with van der Waals surface area (Å²) in [6.07, 6.45) is 1.30. The fourth-order valence-electron chi connectivity index (χ4n) is 2.39. The topological polar surface area (TPSA) is 83.6 Å². The summed E-state index contributed by atoms with van der Waals surface area (Å²) in [5, 5.41) is 8.82. The summed E-state index contributed by atoms with van der Waals surface area (Å²) in [7, 11) is 0. The highest BCUT2D eigenvalue weighted by atomic mass is 19.1. The Hall–Kier alpha value is -2.11. The molecule has 3 N–H and O–H groups in total. The molecule has 1 aliphatic heterocycles. The number of benzene rings is 1.